The molecule has 0 bridgehead atoms. The van der Waals surface area contributed by atoms with Crippen molar-refractivity contribution < 1.29 is 0 Å². The second-order valence-corrected chi connectivity index (χ2v) is 4.01. The summed E-state index contributed by atoms with van der Waals surface area (Å²) < 4.78 is 0. The van der Waals surface area contributed by atoms with Gasteiger partial charge in [-0.1, -0.05) is 51.5 Å². The highest BCUT2D eigenvalue weighted by Gasteiger charge is 2.18. The van der Waals surface area contributed by atoms with Crippen LogP contribution in [0.5, 0.6) is 0 Å². The predicted octanol–water partition coefficient (Wildman–Crippen LogP) is 4.34. The van der Waals surface area contributed by atoms with Crippen molar-refractivity contribution in [1.29, 1.82) is 0 Å². The van der Waals surface area contributed by atoms with Crippen LogP contribution in [0.4, 0.5) is 0 Å². The van der Waals surface area contributed by atoms with E-state index in [4.69, 9.17) is 0 Å². The second-order valence-electron chi connectivity index (χ2n) is 4.01. The molecule has 0 heteroatoms. The van der Waals surface area contributed by atoms with E-state index < -0.39 is 0 Å². The summed E-state index contributed by atoms with van der Waals surface area (Å²) in [5.41, 5.74) is 1.66. The van der Waals surface area contributed by atoms with Crippen LogP contribution in [0.1, 0.15) is 47.0 Å². The zero-order valence-corrected chi connectivity index (χ0v) is 8.98. The summed E-state index contributed by atoms with van der Waals surface area (Å²) in [7, 11) is 0. The van der Waals surface area contributed by atoms with Gasteiger partial charge in [-0.05, 0) is 25.2 Å². The minimum atomic E-state index is 0.314. The number of hydrogen-bond donors (Lipinski definition) is 0. The number of rotatable bonds is 5. The van der Waals surface area contributed by atoms with Crippen LogP contribution < -0.4 is 0 Å². The third-order valence-electron chi connectivity index (χ3n) is 2.43. The molecule has 0 aliphatic rings. The number of allylic oxidation sites excluding steroid dienone is 3. The summed E-state index contributed by atoms with van der Waals surface area (Å²) in [6, 6.07) is 0. The average molecular weight is 166 g/mol. The van der Waals surface area contributed by atoms with Crippen molar-refractivity contribution in [3.63, 3.8) is 0 Å². The molecule has 0 amide bonds. The maximum Gasteiger partial charge on any atom is -0.0136 e. The van der Waals surface area contributed by atoms with Gasteiger partial charge in [0.15, 0.2) is 0 Å². The van der Waals surface area contributed by atoms with Gasteiger partial charge in [-0.2, -0.15) is 0 Å². The monoisotopic (exact) mass is 166 g/mol. The van der Waals surface area contributed by atoms with E-state index in [2.05, 4.69) is 46.4 Å². The van der Waals surface area contributed by atoms with Crippen LogP contribution in [0.2, 0.25) is 0 Å². The molecule has 0 aromatic heterocycles. The third kappa shape index (κ3) is 3.75. The Morgan fingerprint density at radius 3 is 2.42 bits per heavy atom. The van der Waals surface area contributed by atoms with E-state index in [9.17, 15) is 0 Å². The molecule has 12 heavy (non-hydrogen) atoms. The molecule has 0 N–H and O–H groups in total. The van der Waals surface area contributed by atoms with Gasteiger partial charge >= 0.3 is 0 Å². The van der Waals surface area contributed by atoms with Crippen LogP contribution in [0.25, 0.3) is 0 Å². The van der Waals surface area contributed by atoms with Gasteiger partial charge in [0.2, 0.25) is 0 Å². The van der Waals surface area contributed by atoms with Gasteiger partial charge in [0.1, 0.15) is 0 Å². The van der Waals surface area contributed by atoms with Crippen molar-refractivity contribution in [2.24, 2.45) is 5.41 Å². The molecule has 0 aromatic rings. The van der Waals surface area contributed by atoms with E-state index in [0.717, 1.165) is 6.42 Å². The maximum atomic E-state index is 4.13. The van der Waals surface area contributed by atoms with Gasteiger partial charge in [-0.25, -0.2) is 0 Å². The van der Waals surface area contributed by atoms with E-state index in [0.29, 0.717) is 5.41 Å². The molecular formula is C12H22. The maximum absolute atomic E-state index is 4.13. The van der Waals surface area contributed by atoms with Crippen LogP contribution >= 0.6 is 0 Å². The Balaban J connectivity index is 4.05. The Labute approximate surface area is 77.4 Å². The Morgan fingerprint density at radius 1 is 1.42 bits per heavy atom. The highest BCUT2D eigenvalue weighted by atomic mass is 14.2. The van der Waals surface area contributed by atoms with Gasteiger partial charge in [0.25, 0.3) is 0 Å². The molecule has 0 heterocycles. The molecule has 0 rings (SSSR count). The van der Waals surface area contributed by atoms with Crippen molar-refractivity contribution in [1.82, 2.24) is 0 Å². The first kappa shape index (κ1) is 11.5. The first-order chi connectivity index (χ1) is 5.54. The highest BCUT2D eigenvalue weighted by Crippen LogP contribution is 2.32. The summed E-state index contributed by atoms with van der Waals surface area (Å²) in [6.07, 6.45) is 7.78. The van der Waals surface area contributed by atoms with E-state index in [1.807, 2.05) is 0 Å². The zero-order valence-electron chi connectivity index (χ0n) is 8.98. The van der Waals surface area contributed by atoms with Crippen molar-refractivity contribution in [2.45, 2.75) is 47.0 Å². The van der Waals surface area contributed by atoms with Gasteiger partial charge in [-0.15, -0.1) is 0 Å². The Bertz CT molecular complexity index is 161. The van der Waals surface area contributed by atoms with Crippen LogP contribution in [0, 0.1) is 5.41 Å². The lowest BCUT2D eigenvalue weighted by atomic mass is 9.79. The molecule has 0 aliphatic heterocycles. The second kappa shape index (κ2) is 5.18. The fourth-order valence-corrected chi connectivity index (χ4v) is 1.34. The van der Waals surface area contributed by atoms with E-state index in [-0.39, 0.29) is 0 Å². The van der Waals surface area contributed by atoms with Crippen molar-refractivity contribution in [3.05, 3.63) is 24.3 Å². The molecule has 70 valence electrons. The SMILES string of the molecule is C=C(CC=CC)C(C)(C)CCC. The molecule has 0 radical (unpaired) electrons. The normalized spacial score (nSPS) is 12.3. The predicted molar refractivity (Wildman–Crippen MR) is 57.3 cm³/mol. The highest BCUT2D eigenvalue weighted by molar-refractivity contribution is 5.11. The zero-order chi connectivity index (χ0) is 9.61. The lowest BCUT2D eigenvalue weighted by Gasteiger charge is -2.26. The minimum absolute atomic E-state index is 0.314. The molecule has 0 aliphatic carbocycles. The number of hydrogen-bond acceptors (Lipinski definition) is 0. The lowest BCUT2D eigenvalue weighted by Crippen LogP contribution is -2.13. The van der Waals surface area contributed by atoms with E-state index >= 15 is 0 Å². The largest absolute Gasteiger partial charge is 0.0990 e. The fraction of sp³-hybridized carbons (Fsp3) is 0.667. The summed E-state index contributed by atoms with van der Waals surface area (Å²) in [5.74, 6) is 0. The summed E-state index contributed by atoms with van der Waals surface area (Å²) in [5, 5.41) is 0. The first-order valence-electron chi connectivity index (χ1n) is 4.84. The van der Waals surface area contributed by atoms with Gasteiger partial charge < -0.3 is 0 Å². The van der Waals surface area contributed by atoms with Gasteiger partial charge in [-0.3, -0.25) is 0 Å². The Morgan fingerprint density at radius 2 is 2.00 bits per heavy atom. The average Bonchev–Trinajstić information content (AvgIpc) is 2.00. The van der Waals surface area contributed by atoms with Crippen LogP contribution in [-0.2, 0) is 0 Å². The summed E-state index contributed by atoms with van der Waals surface area (Å²) >= 11 is 0. The standard InChI is InChI=1S/C12H22/c1-6-8-9-11(3)12(4,5)10-7-2/h6,8H,3,7,9-10H2,1-2,4-5H3. The quantitative estimate of drug-likeness (QED) is 0.533. The van der Waals surface area contributed by atoms with Crippen LogP contribution in [0.3, 0.4) is 0 Å². The topological polar surface area (TPSA) is 0 Å². The third-order valence-corrected chi connectivity index (χ3v) is 2.43. The molecule has 0 fully saturated rings. The lowest BCUT2D eigenvalue weighted by molar-refractivity contribution is 0.397. The molecule has 0 saturated heterocycles. The Kier molecular flexibility index (Phi) is 4.96. The molecule has 0 spiro atoms. The fourth-order valence-electron chi connectivity index (χ4n) is 1.34. The van der Waals surface area contributed by atoms with Crippen molar-refractivity contribution in [3.8, 4) is 0 Å². The van der Waals surface area contributed by atoms with E-state index in [1.165, 1.54) is 18.4 Å². The van der Waals surface area contributed by atoms with Crippen LogP contribution in [0.15, 0.2) is 24.3 Å². The molecule has 0 aromatic carbocycles. The summed E-state index contributed by atoms with van der Waals surface area (Å²) in [4.78, 5) is 0. The Hall–Kier alpha value is -0.520. The smallest absolute Gasteiger partial charge is 0.0136 e. The molecule has 0 nitrogen and oxygen atoms in total. The molecule has 0 unspecified atom stereocenters. The van der Waals surface area contributed by atoms with Gasteiger partial charge in [0, 0.05) is 0 Å². The van der Waals surface area contributed by atoms with Gasteiger partial charge in [0.05, 0.1) is 0 Å². The molecule has 0 atom stereocenters. The first-order valence-corrected chi connectivity index (χ1v) is 4.84. The van der Waals surface area contributed by atoms with Crippen LogP contribution in [-0.4, -0.2) is 0 Å². The molecular weight excluding hydrogens is 144 g/mol. The van der Waals surface area contributed by atoms with E-state index in [1.54, 1.807) is 0 Å². The van der Waals surface area contributed by atoms with Crippen molar-refractivity contribution >= 4 is 0 Å². The molecule has 0 saturated carbocycles. The summed E-state index contributed by atoms with van der Waals surface area (Å²) in [6.45, 7) is 13.0. The van der Waals surface area contributed by atoms with Crippen molar-refractivity contribution in [2.75, 3.05) is 0 Å². The minimum Gasteiger partial charge on any atom is -0.0990 e.